The van der Waals surface area contributed by atoms with Gasteiger partial charge < -0.3 is 20.7 Å². The van der Waals surface area contributed by atoms with Crippen LogP contribution in [-0.2, 0) is 0 Å². The van der Waals surface area contributed by atoms with E-state index in [0.717, 1.165) is 31.7 Å². The smallest absolute Gasteiger partial charge is 0.354 e. The number of alkyl halides is 1. The van der Waals surface area contributed by atoms with Gasteiger partial charge in [0.2, 0.25) is 0 Å². The highest BCUT2D eigenvalue weighted by Gasteiger charge is 2.35. The Bertz CT molecular complexity index is 1340. The van der Waals surface area contributed by atoms with Gasteiger partial charge in [-0.25, -0.2) is 19.2 Å². The summed E-state index contributed by atoms with van der Waals surface area (Å²) in [5.74, 6) is -0.354. The van der Waals surface area contributed by atoms with Crippen molar-refractivity contribution in [3.8, 4) is 17.2 Å². The fourth-order valence-corrected chi connectivity index (χ4v) is 4.86. The number of carbonyl (C=O) groups is 1. The van der Waals surface area contributed by atoms with Crippen molar-refractivity contribution in [1.29, 1.82) is 10.7 Å². The Morgan fingerprint density at radius 2 is 1.89 bits per heavy atom. The molecule has 1 aliphatic heterocycles. The second kappa shape index (κ2) is 10.3. The van der Waals surface area contributed by atoms with Crippen LogP contribution in [0, 0.1) is 28.6 Å². The average molecular weight is 499 g/mol. The number of nitrogens with one attached hydrogen (secondary N) is 2. The van der Waals surface area contributed by atoms with Crippen molar-refractivity contribution in [1.82, 2.24) is 9.97 Å². The second-order valence-corrected chi connectivity index (χ2v) is 9.55. The summed E-state index contributed by atoms with van der Waals surface area (Å²) in [6, 6.07) is 16.7. The number of carboxylic acid groups (broad SMARTS) is 1. The lowest BCUT2D eigenvalue weighted by Gasteiger charge is -2.32. The van der Waals surface area contributed by atoms with E-state index >= 15 is 0 Å². The molecule has 5 rings (SSSR count). The van der Waals surface area contributed by atoms with Gasteiger partial charge in [-0.1, -0.05) is 18.2 Å². The van der Waals surface area contributed by atoms with Crippen LogP contribution in [-0.4, -0.2) is 46.0 Å². The van der Waals surface area contributed by atoms with E-state index in [2.05, 4.69) is 26.3 Å². The summed E-state index contributed by atoms with van der Waals surface area (Å²) in [6.07, 6.45) is 2.85. The second-order valence-electron chi connectivity index (χ2n) is 9.55. The van der Waals surface area contributed by atoms with Gasteiger partial charge in [0.15, 0.2) is 5.69 Å². The Morgan fingerprint density at radius 1 is 1.16 bits per heavy atom. The van der Waals surface area contributed by atoms with Crippen LogP contribution >= 0.6 is 0 Å². The van der Waals surface area contributed by atoms with Crippen LogP contribution in [0.3, 0.4) is 0 Å². The normalized spacial score (nSPS) is 19.5. The first-order chi connectivity index (χ1) is 17.9. The molecule has 0 bridgehead atoms. The third-order valence-electron chi connectivity index (χ3n) is 7.09. The molecule has 0 amide bonds. The molecule has 188 valence electrons. The number of hydrogen-bond donors (Lipinski definition) is 3. The fourth-order valence-electron chi connectivity index (χ4n) is 4.86. The van der Waals surface area contributed by atoms with E-state index in [1.54, 1.807) is 6.20 Å². The molecule has 8 nitrogen and oxygen atoms in total. The van der Waals surface area contributed by atoms with E-state index in [4.69, 9.17) is 10.7 Å². The SMILES string of the molecule is N#CC1CCN(c2ccc(-c3cc(C(=O)O)nc(Nc4ccccc4)c3C(=N)C3CC(F)C3)cn2)CC1. The van der Waals surface area contributed by atoms with Gasteiger partial charge in [-0.15, -0.1) is 0 Å². The van der Waals surface area contributed by atoms with E-state index in [-0.39, 0.29) is 41.9 Å². The van der Waals surface area contributed by atoms with Gasteiger partial charge in [0.1, 0.15) is 17.8 Å². The number of anilines is 3. The maximum Gasteiger partial charge on any atom is 0.354 e. The van der Waals surface area contributed by atoms with Gasteiger partial charge in [-0.3, -0.25) is 0 Å². The van der Waals surface area contributed by atoms with Crippen molar-refractivity contribution in [2.75, 3.05) is 23.3 Å². The molecular weight excluding hydrogens is 471 g/mol. The third-order valence-corrected chi connectivity index (χ3v) is 7.09. The molecule has 2 aliphatic rings. The molecule has 3 N–H and O–H groups in total. The van der Waals surface area contributed by atoms with Crippen molar-refractivity contribution in [3.63, 3.8) is 0 Å². The first-order valence-electron chi connectivity index (χ1n) is 12.4. The van der Waals surface area contributed by atoms with E-state index in [0.29, 0.717) is 22.4 Å². The predicted octanol–water partition coefficient (Wildman–Crippen LogP) is 5.44. The Kier molecular flexibility index (Phi) is 6.82. The molecule has 3 aromatic rings. The van der Waals surface area contributed by atoms with E-state index in [9.17, 15) is 14.3 Å². The van der Waals surface area contributed by atoms with Crippen molar-refractivity contribution >= 4 is 29.0 Å². The lowest BCUT2D eigenvalue weighted by atomic mass is 9.76. The summed E-state index contributed by atoms with van der Waals surface area (Å²) < 4.78 is 13.7. The standard InChI is InChI=1S/C28H27FN6O2/c29-20-12-19(13-20)26(31)25-22(14-23(28(36)37)34-27(25)33-21-4-2-1-3-5-21)18-6-7-24(32-16-18)35-10-8-17(15-30)9-11-35/h1-7,14,16-17,19-20,31H,8-13H2,(H,33,34)(H,36,37). The number of nitrogens with zero attached hydrogens (tertiary/aromatic N) is 4. The fraction of sp³-hybridized carbons (Fsp3) is 0.321. The molecule has 9 heteroatoms. The number of piperidine rings is 1. The topological polar surface area (TPSA) is 126 Å². The van der Waals surface area contributed by atoms with Crippen molar-refractivity contribution in [2.45, 2.75) is 31.9 Å². The van der Waals surface area contributed by atoms with Crippen molar-refractivity contribution in [2.24, 2.45) is 11.8 Å². The van der Waals surface area contributed by atoms with Crippen LogP contribution < -0.4 is 10.2 Å². The Labute approximate surface area is 214 Å². The molecule has 1 saturated heterocycles. The summed E-state index contributed by atoms with van der Waals surface area (Å²) in [7, 11) is 0. The summed E-state index contributed by atoms with van der Waals surface area (Å²) in [5, 5.41) is 31.1. The van der Waals surface area contributed by atoms with E-state index < -0.39 is 12.1 Å². The first kappa shape index (κ1) is 24.4. The van der Waals surface area contributed by atoms with Crippen LogP contribution in [0.1, 0.15) is 41.7 Å². The molecule has 0 atom stereocenters. The highest BCUT2D eigenvalue weighted by atomic mass is 19.1. The van der Waals surface area contributed by atoms with E-state index in [1.165, 1.54) is 6.07 Å². The molecule has 37 heavy (non-hydrogen) atoms. The maximum absolute atomic E-state index is 13.7. The molecule has 1 aliphatic carbocycles. The molecule has 1 aromatic carbocycles. The lowest BCUT2D eigenvalue weighted by molar-refractivity contribution is 0.0690. The minimum Gasteiger partial charge on any atom is -0.477 e. The quantitative estimate of drug-likeness (QED) is 0.370. The highest BCUT2D eigenvalue weighted by molar-refractivity contribution is 6.11. The molecular formula is C28H27FN6O2. The molecule has 0 spiro atoms. The number of para-hydroxylation sites is 1. The molecule has 2 fully saturated rings. The van der Waals surface area contributed by atoms with Crippen LogP contribution in [0.15, 0.2) is 54.7 Å². The molecule has 1 saturated carbocycles. The largest absolute Gasteiger partial charge is 0.477 e. The summed E-state index contributed by atoms with van der Waals surface area (Å²) in [5.41, 5.74) is 2.38. The number of nitriles is 1. The number of halogens is 1. The minimum atomic E-state index is -1.19. The Balaban J connectivity index is 1.55. The minimum absolute atomic E-state index is 0.0707. The van der Waals surface area contributed by atoms with Crippen molar-refractivity contribution in [3.05, 3.63) is 66.0 Å². The van der Waals surface area contributed by atoms with Crippen LogP contribution in [0.25, 0.3) is 11.1 Å². The number of pyridine rings is 2. The number of carboxylic acids is 1. The van der Waals surface area contributed by atoms with Gasteiger partial charge >= 0.3 is 5.97 Å². The van der Waals surface area contributed by atoms with Gasteiger partial charge in [-0.05, 0) is 61.6 Å². The highest BCUT2D eigenvalue weighted by Crippen LogP contribution is 2.39. The first-order valence-corrected chi connectivity index (χ1v) is 12.4. The third kappa shape index (κ3) is 5.14. The zero-order valence-corrected chi connectivity index (χ0v) is 20.2. The van der Waals surface area contributed by atoms with Crippen LogP contribution in [0.2, 0.25) is 0 Å². The van der Waals surface area contributed by atoms with Gasteiger partial charge in [0.25, 0.3) is 0 Å². The molecule has 3 heterocycles. The van der Waals surface area contributed by atoms with Crippen molar-refractivity contribution < 1.29 is 14.3 Å². The van der Waals surface area contributed by atoms with Crippen LogP contribution in [0.4, 0.5) is 21.7 Å². The predicted molar refractivity (Wildman–Crippen MR) is 139 cm³/mol. The monoisotopic (exact) mass is 498 g/mol. The molecule has 0 unspecified atom stereocenters. The number of rotatable bonds is 7. The zero-order valence-electron chi connectivity index (χ0n) is 20.2. The lowest BCUT2D eigenvalue weighted by Crippen LogP contribution is -2.33. The number of aromatic carboxylic acids is 1. The summed E-state index contributed by atoms with van der Waals surface area (Å²) in [6.45, 7) is 1.49. The number of hydrogen-bond acceptors (Lipinski definition) is 7. The molecule has 0 radical (unpaired) electrons. The Hall–Kier alpha value is -4.32. The Morgan fingerprint density at radius 3 is 2.49 bits per heavy atom. The van der Waals surface area contributed by atoms with Gasteiger partial charge in [0, 0.05) is 53.6 Å². The van der Waals surface area contributed by atoms with Gasteiger partial charge in [-0.2, -0.15) is 5.26 Å². The molecule has 2 aromatic heterocycles. The maximum atomic E-state index is 13.7. The van der Waals surface area contributed by atoms with E-state index in [1.807, 2.05) is 42.5 Å². The van der Waals surface area contributed by atoms with Crippen LogP contribution in [0.5, 0.6) is 0 Å². The average Bonchev–Trinajstić information content (AvgIpc) is 2.91. The summed E-state index contributed by atoms with van der Waals surface area (Å²) in [4.78, 5) is 23.1. The number of aromatic nitrogens is 2. The number of benzene rings is 1. The summed E-state index contributed by atoms with van der Waals surface area (Å²) >= 11 is 0. The zero-order chi connectivity index (χ0) is 25.9. The van der Waals surface area contributed by atoms with Gasteiger partial charge in [0.05, 0.1) is 6.07 Å².